The number of aliphatic hydroxyl groups is 2. The smallest absolute Gasteiger partial charge is 0.309 e. The molecular weight excluding hydrogens is 396 g/mol. The van der Waals surface area contributed by atoms with Gasteiger partial charge in [0, 0.05) is 11.8 Å². The van der Waals surface area contributed by atoms with E-state index in [2.05, 4.69) is 6.92 Å². The van der Waals surface area contributed by atoms with E-state index < -0.39 is 29.5 Å². The Balaban J connectivity index is 1.52. The van der Waals surface area contributed by atoms with Crippen molar-refractivity contribution in [2.45, 2.75) is 83.3 Å². The molecule has 0 bridgehead atoms. The maximum atomic E-state index is 13.1. The molecule has 6 nitrogen and oxygen atoms in total. The van der Waals surface area contributed by atoms with Crippen LogP contribution < -0.4 is 0 Å². The molecule has 7 atom stereocenters. The second-order valence-corrected chi connectivity index (χ2v) is 11.2. The van der Waals surface area contributed by atoms with Crippen molar-refractivity contribution in [1.29, 1.82) is 0 Å². The lowest BCUT2D eigenvalue weighted by Gasteiger charge is -2.60. The van der Waals surface area contributed by atoms with Crippen LogP contribution >= 0.6 is 0 Å². The third-order valence-electron chi connectivity index (χ3n) is 9.80. The van der Waals surface area contributed by atoms with Gasteiger partial charge >= 0.3 is 5.97 Å². The van der Waals surface area contributed by atoms with E-state index in [1.807, 2.05) is 13.0 Å². The van der Waals surface area contributed by atoms with Gasteiger partial charge in [0.2, 0.25) is 5.78 Å². The molecule has 6 heteroatoms. The van der Waals surface area contributed by atoms with Gasteiger partial charge in [-0.15, -0.1) is 0 Å². The number of ether oxygens (including phenoxy) is 1. The predicted octanol–water partition coefficient (Wildman–Crippen LogP) is 2.74. The molecule has 31 heavy (non-hydrogen) atoms. The van der Waals surface area contributed by atoms with Gasteiger partial charge in [-0.2, -0.15) is 0 Å². The molecule has 3 unspecified atom stereocenters. The monoisotopic (exact) mass is 430 g/mol. The van der Waals surface area contributed by atoms with Crippen LogP contribution in [0.25, 0.3) is 0 Å². The maximum absolute atomic E-state index is 13.1. The van der Waals surface area contributed by atoms with Crippen LogP contribution in [0.5, 0.6) is 0 Å². The number of ketones is 2. The second-order valence-electron chi connectivity index (χ2n) is 11.2. The molecule has 0 saturated heterocycles. The minimum atomic E-state index is -1.35. The zero-order valence-electron chi connectivity index (χ0n) is 18.6. The molecule has 0 spiro atoms. The van der Waals surface area contributed by atoms with Crippen LogP contribution in [-0.2, 0) is 19.1 Å². The Hall–Kier alpha value is -1.53. The molecule has 5 rings (SSSR count). The summed E-state index contributed by atoms with van der Waals surface area (Å²) >= 11 is 0. The lowest BCUT2D eigenvalue weighted by Crippen LogP contribution is -2.63. The predicted molar refractivity (Wildman–Crippen MR) is 112 cm³/mol. The minimum Gasteiger partial charge on any atom is -0.450 e. The molecule has 4 saturated carbocycles. The largest absolute Gasteiger partial charge is 0.450 e. The van der Waals surface area contributed by atoms with Crippen molar-refractivity contribution < 1.29 is 29.3 Å². The van der Waals surface area contributed by atoms with E-state index in [0.29, 0.717) is 19.3 Å². The van der Waals surface area contributed by atoms with Crippen LogP contribution in [0.2, 0.25) is 0 Å². The fourth-order valence-electron chi connectivity index (χ4n) is 8.06. The fraction of sp³-hybridized carbons (Fsp3) is 0.800. The van der Waals surface area contributed by atoms with Crippen LogP contribution in [0, 0.1) is 34.5 Å². The van der Waals surface area contributed by atoms with Crippen molar-refractivity contribution in [3.63, 3.8) is 0 Å². The normalized spacial score (nSPS) is 46.5. The van der Waals surface area contributed by atoms with Gasteiger partial charge in [0.25, 0.3) is 0 Å². The maximum Gasteiger partial charge on any atom is 0.309 e. The Bertz CT molecular complexity index is 858. The van der Waals surface area contributed by atoms with Crippen molar-refractivity contribution in [2.75, 3.05) is 6.61 Å². The molecule has 0 aromatic rings. The SMILES string of the molecule is C[C@]12CCC(=O)C=C1CCC1C2[C@@H](O)C[C@@]2(C)C1CC[C@]2(OC(=O)C1CC1)C(=O)CO. The molecule has 0 radical (unpaired) electrons. The van der Waals surface area contributed by atoms with Gasteiger partial charge < -0.3 is 14.9 Å². The van der Waals surface area contributed by atoms with E-state index in [-0.39, 0.29) is 40.8 Å². The lowest BCUT2D eigenvalue weighted by molar-refractivity contribution is -0.203. The molecule has 0 heterocycles. The topological polar surface area (TPSA) is 101 Å². The minimum absolute atomic E-state index is 0.0397. The lowest BCUT2D eigenvalue weighted by atomic mass is 9.45. The first kappa shape index (κ1) is 21.3. The molecule has 2 N–H and O–H groups in total. The Labute approximate surface area is 183 Å². The Morgan fingerprint density at radius 2 is 1.87 bits per heavy atom. The van der Waals surface area contributed by atoms with E-state index in [1.54, 1.807) is 0 Å². The van der Waals surface area contributed by atoms with E-state index in [9.17, 15) is 24.6 Å². The van der Waals surface area contributed by atoms with Gasteiger partial charge in [-0.05, 0) is 80.6 Å². The van der Waals surface area contributed by atoms with Gasteiger partial charge in [0.1, 0.15) is 6.61 Å². The van der Waals surface area contributed by atoms with Gasteiger partial charge in [-0.1, -0.05) is 19.4 Å². The van der Waals surface area contributed by atoms with Crippen molar-refractivity contribution in [1.82, 2.24) is 0 Å². The summed E-state index contributed by atoms with van der Waals surface area (Å²) in [6, 6.07) is 0. The first-order chi connectivity index (χ1) is 14.7. The average Bonchev–Trinajstić information content (AvgIpc) is 3.53. The molecule has 170 valence electrons. The van der Waals surface area contributed by atoms with Crippen molar-refractivity contribution >= 4 is 17.5 Å². The van der Waals surface area contributed by atoms with Crippen LogP contribution in [0.3, 0.4) is 0 Å². The summed E-state index contributed by atoms with van der Waals surface area (Å²) in [7, 11) is 0. The molecule has 5 aliphatic rings. The standard InChI is InChI=1S/C25H34O6/c1-23-9-7-16(27)11-15(23)5-6-17-18-8-10-25(20(29)13-26,31-22(30)14-3-4-14)24(18,2)12-19(28)21(17)23/h11,14,17-19,21,26,28H,3-10,12-13H2,1-2H3/t17?,18?,19-,21?,23-,24-,25-/m0/s1. The highest BCUT2D eigenvalue weighted by Crippen LogP contribution is 2.68. The number of esters is 1. The van der Waals surface area contributed by atoms with Gasteiger partial charge in [-0.25, -0.2) is 0 Å². The number of allylic oxidation sites excluding steroid dienone is 1. The number of fused-ring (bicyclic) bond motifs is 5. The summed E-state index contributed by atoms with van der Waals surface area (Å²) in [6.07, 6.45) is 7.29. The fourth-order valence-corrected chi connectivity index (χ4v) is 8.06. The Morgan fingerprint density at radius 1 is 1.13 bits per heavy atom. The summed E-state index contributed by atoms with van der Waals surface area (Å²) in [4.78, 5) is 37.8. The summed E-state index contributed by atoms with van der Waals surface area (Å²) < 4.78 is 6.01. The zero-order chi connectivity index (χ0) is 22.2. The number of hydrogen-bond acceptors (Lipinski definition) is 6. The molecule has 4 fully saturated rings. The van der Waals surface area contributed by atoms with E-state index >= 15 is 0 Å². The van der Waals surface area contributed by atoms with Crippen molar-refractivity contribution in [3.8, 4) is 0 Å². The highest BCUT2D eigenvalue weighted by Gasteiger charge is 2.70. The number of rotatable bonds is 4. The highest BCUT2D eigenvalue weighted by atomic mass is 16.6. The second kappa shape index (κ2) is 6.98. The summed E-state index contributed by atoms with van der Waals surface area (Å²) in [5, 5.41) is 21.3. The van der Waals surface area contributed by atoms with E-state index in [0.717, 1.165) is 38.5 Å². The van der Waals surface area contributed by atoms with Crippen LogP contribution in [-0.4, -0.2) is 46.1 Å². The average molecular weight is 431 g/mol. The molecule has 0 aromatic heterocycles. The van der Waals surface area contributed by atoms with Gasteiger partial charge in [0.05, 0.1) is 12.0 Å². The third-order valence-corrected chi connectivity index (χ3v) is 9.80. The van der Waals surface area contributed by atoms with Gasteiger partial charge in [0.15, 0.2) is 11.4 Å². The number of aliphatic hydroxyl groups excluding tert-OH is 2. The molecule has 0 aromatic carbocycles. The van der Waals surface area contributed by atoms with Crippen molar-refractivity contribution in [3.05, 3.63) is 11.6 Å². The summed E-state index contributed by atoms with van der Waals surface area (Å²) in [5.41, 5.74) is -1.07. The third kappa shape index (κ3) is 2.86. The Kier molecular flexibility index (Phi) is 4.80. The number of carbonyl (C=O) groups is 3. The highest BCUT2D eigenvalue weighted by molar-refractivity contribution is 5.93. The molecule has 5 aliphatic carbocycles. The van der Waals surface area contributed by atoms with Crippen molar-refractivity contribution in [2.24, 2.45) is 34.5 Å². The van der Waals surface area contributed by atoms with Crippen LogP contribution in [0.1, 0.15) is 71.6 Å². The number of Topliss-reactive ketones (excluding diaryl/α,β-unsaturated/α-hetero) is 1. The molecular formula is C25H34O6. The van der Waals surface area contributed by atoms with E-state index in [4.69, 9.17) is 4.74 Å². The molecule has 0 amide bonds. The number of hydrogen-bond donors (Lipinski definition) is 2. The summed E-state index contributed by atoms with van der Waals surface area (Å²) in [6.45, 7) is 3.54. The zero-order valence-corrected chi connectivity index (χ0v) is 18.6. The quantitative estimate of drug-likeness (QED) is 0.665. The first-order valence-electron chi connectivity index (χ1n) is 12.0. The first-order valence-corrected chi connectivity index (χ1v) is 12.0. The Morgan fingerprint density at radius 3 is 2.55 bits per heavy atom. The summed E-state index contributed by atoms with van der Waals surface area (Å²) in [5.74, 6) is -0.320. The molecule has 0 aliphatic heterocycles. The van der Waals surface area contributed by atoms with Crippen LogP contribution in [0.4, 0.5) is 0 Å². The van der Waals surface area contributed by atoms with E-state index in [1.165, 1.54) is 5.57 Å². The van der Waals surface area contributed by atoms with Crippen LogP contribution in [0.15, 0.2) is 11.6 Å². The number of carbonyl (C=O) groups excluding carboxylic acids is 3. The van der Waals surface area contributed by atoms with Gasteiger partial charge in [-0.3, -0.25) is 14.4 Å².